The first-order chi connectivity index (χ1) is 23.4. The van der Waals surface area contributed by atoms with Gasteiger partial charge >= 0.3 is 17.0 Å². The lowest BCUT2D eigenvalue weighted by Crippen LogP contribution is -2.31. The van der Waals surface area contributed by atoms with Gasteiger partial charge in [-0.2, -0.15) is 13.2 Å². The van der Waals surface area contributed by atoms with Gasteiger partial charge in [-0.25, -0.2) is 27.8 Å². The normalized spacial score (nSPS) is 13.3. The minimum atomic E-state index is -5.10. The highest BCUT2D eigenvalue weighted by Gasteiger charge is 2.42. The van der Waals surface area contributed by atoms with Crippen LogP contribution in [0.2, 0.25) is 5.02 Å². The van der Waals surface area contributed by atoms with Crippen molar-refractivity contribution in [2.45, 2.75) is 63.7 Å². The van der Waals surface area contributed by atoms with Crippen LogP contribution >= 0.6 is 58.2 Å². The fraction of sp³-hybridized carbons (Fsp3) is 0.467. The van der Waals surface area contributed by atoms with Crippen molar-refractivity contribution in [2.75, 3.05) is 25.4 Å². The molecule has 4 rings (SSSR count). The van der Waals surface area contributed by atoms with Crippen LogP contribution in [0.25, 0.3) is 0 Å². The molecule has 1 aliphatic rings. The maximum atomic E-state index is 14.3. The van der Waals surface area contributed by atoms with Crippen LogP contribution in [-0.2, 0) is 35.2 Å². The van der Waals surface area contributed by atoms with Crippen molar-refractivity contribution in [1.29, 1.82) is 0 Å². The first-order valence-corrected chi connectivity index (χ1v) is 19.2. The van der Waals surface area contributed by atoms with E-state index in [2.05, 4.69) is 14.7 Å². The molecule has 0 bridgehead atoms. The van der Waals surface area contributed by atoms with E-state index >= 15 is 0 Å². The molecule has 0 unspecified atom stereocenters. The van der Waals surface area contributed by atoms with Gasteiger partial charge in [-0.1, -0.05) is 49.0 Å². The van der Waals surface area contributed by atoms with Gasteiger partial charge in [0.1, 0.15) is 17.2 Å². The number of methoxy groups -OCH3 is 1. The molecule has 3 aromatic rings. The molecule has 0 fully saturated rings. The summed E-state index contributed by atoms with van der Waals surface area (Å²) >= 11 is 9.26. The molecule has 0 aliphatic carbocycles. The molecule has 1 aliphatic heterocycles. The maximum Gasteiger partial charge on any atom is 0.434 e. The molecule has 0 radical (unpaired) electrons. The lowest BCUT2D eigenvalue weighted by Gasteiger charge is -2.21. The molecule has 20 heteroatoms. The Morgan fingerprint density at radius 2 is 1.66 bits per heavy atom. The second kappa shape index (κ2) is 18.1. The highest BCUT2D eigenvalue weighted by atomic mass is 35.5. The lowest BCUT2D eigenvalue weighted by atomic mass is 9.92. The Labute approximate surface area is 304 Å². The summed E-state index contributed by atoms with van der Waals surface area (Å²) in [6.07, 6.45) is -4.11. The predicted octanol–water partition coefficient (Wildman–Crippen LogP) is 8.04. The Bertz CT molecular complexity index is 1880. The smallest absolute Gasteiger partial charge is 0.434 e. The van der Waals surface area contributed by atoms with E-state index in [0.29, 0.717) is 46.3 Å². The van der Waals surface area contributed by atoms with E-state index in [-0.39, 0.29) is 39.2 Å². The molecule has 1 aromatic carbocycles. The molecule has 2 aromatic heterocycles. The number of benzene rings is 1. The van der Waals surface area contributed by atoms with Crippen molar-refractivity contribution < 1.29 is 45.5 Å². The second-order valence-corrected chi connectivity index (χ2v) is 14.7. The van der Waals surface area contributed by atoms with E-state index in [4.69, 9.17) is 11.6 Å². The average molecular weight is 805 g/mol. The summed E-state index contributed by atoms with van der Waals surface area (Å²) < 4.78 is 89.0. The Morgan fingerprint density at radius 1 is 1.06 bits per heavy atom. The molecule has 0 saturated carbocycles. The first kappa shape index (κ1) is 41.7. The topological polar surface area (TPSA) is 113 Å². The fourth-order valence-electron chi connectivity index (χ4n) is 4.71. The highest BCUT2D eigenvalue weighted by molar-refractivity contribution is 8.13. The summed E-state index contributed by atoms with van der Waals surface area (Å²) in [4.78, 5) is 55.8. The predicted molar refractivity (Wildman–Crippen MR) is 184 cm³/mol. The second-order valence-electron chi connectivity index (χ2n) is 10.8. The monoisotopic (exact) mass is 804 g/mol. The molecule has 0 N–H and O–H groups in total. The summed E-state index contributed by atoms with van der Waals surface area (Å²) in [6, 6.07) is 2.64. The van der Waals surface area contributed by atoms with Gasteiger partial charge in [0.05, 0.1) is 29.0 Å². The van der Waals surface area contributed by atoms with Crippen molar-refractivity contribution in [1.82, 2.24) is 14.3 Å². The average Bonchev–Trinajstić information content (AvgIpc) is 3.38. The number of hydrogen-bond acceptors (Lipinski definition) is 11. The van der Waals surface area contributed by atoms with Crippen LogP contribution in [0.1, 0.15) is 70.8 Å². The number of aromatic nitrogens is 3. The number of nitrogens with zero attached hydrogens (tertiary/aromatic N) is 4. The number of pyridine rings is 1. The van der Waals surface area contributed by atoms with Gasteiger partial charge in [0.15, 0.2) is 5.69 Å². The summed E-state index contributed by atoms with van der Waals surface area (Å²) in [7, 11) is 1.30. The number of carbonyl (C=O) groups is 3. The number of alkyl halides is 5. The molecular weight excluding hydrogens is 774 g/mol. The Balaban J connectivity index is 0.000000270. The van der Waals surface area contributed by atoms with Gasteiger partial charge in [0.25, 0.3) is 6.43 Å². The minimum Gasteiger partial charge on any atom is -0.468 e. The van der Waals surface area contributed by atoms with Crippen LogP contribution in [0.4, 0.5) is 32.0 Å². The van der Waals surface area contributed by atoms with Crippen molar-refractivity contribution in [2.24, 2.45) is 10.9 Å². The number of esters is 1. The van der Waals surface area contributed by atoms with Gasteiger partial charge in [-0.05, 0) is 66.7 Å². The first-order valence-electron chi connectivity index (χ1n) is 14.6. The van der Waals surface area contributed by atoms with E-state index in [1.807, 2.05) is 0 Å². The number of carbonyl (C=O) groups excluding carboxylic acids is 3. The lowest BCUT2D eigenvalue weighted by molar-refractivity contribution is -0.142. The molecular formula is C30H31ClF6N4O5S4. The zero-order chi connectivity index (χ0) is 37.5. The summed E-state index contributed by atoms with van der Waals surface area (Å²) in [5.41, 5.74) is -4.54. The SMILES string of the molecule is COC(=O)CSc1cc(/N=c2\sc(=O)n3n2CCCC3)c(F)cc1Cl.CSC(=O)c1c(C(F)F)nc(C(F)(F)F)c(C(=O)SC)c1CC(C)C. The molecule has 0 spiro atoms. The van der Waals surface area contributed by atoms with E-state index in [1.165, 1.54) is 25.7 Å². The maximum absolute atomic E-state index is 14.3. The molecule has 9 nitrogen and oxygen atoms in total. The van der Waals surface area contributed by atoms with Crippen molar-refractivity contribution in [3.8, 4) is 0 Å². The van der Waals surface area contributed by atoms with Gasteiger partial charge in [-0.3, -0.25) is 23.9 Å². The Hall–Kier alpha value is -2.74. The van der Waals surface area contributed by atoms with E-state index in [9.17, 15) is 45.5 Å². The van der Waals surface area contributed by atoms with Gasteiger partial charge < -0.3 is 4.74 Å². The van der Waals surface area contributed by atoms with Crippen LogP contribution in [-0.4, -0.2) is 55.9 Å². The third-order valence-electron chi connectivity index (χ3n) is 6.88. The van der Waals surface area contributed by atoms with E-state index < -0.39 is 57.1 Å². The van der Waals surface area contributed by atoms with Crippen molar-refractivity contribution >= 4 is 80.1 Å². The van der Waals surface area contributed by atoms with Crippen LogP contribution in [0, 0.1) is 11.7 Å². The zero-order valence-electron chi connectivity index (χ0n) is 27.2. The van der Waals surface area contributed by atoms with Gasteiger partial charge in [-0.15, -0.1) is 11.8 Å². The molecule has 0 atom stereocenters. The van der Waals surface area contributed by atoms with Crippen LogP contribution in [0.5, 0.6) is 0 Å². The molecule has 0 amide bonds. The molecule has 274 valence electrons. The Kier molecular flexibility index (Phi) is 15.1. The van der Waals surface area contributed by atoms with Crippen LogP contribution < -0.4 is 9.67 Å². The van der Waals surface area contributed by atoms with Crippen molar-refractivity contribution in [3.63, 3.8) is 0 Å². The number of halogens is 7. The van der Waals surface area contributed by atoms with Crippen molar-refractivity contribution in [3.05, 3.63) is 65.5 Å². The van der Waals surface area contributed by atoms with Gasteiger partial charge in [0.2, 0.25) is 15.0 Å². The number of hydrogen-bond donors (Lipinski definition) is 0. The zero-order valence-corrected chi connectivity index (χ0v) is 31.2. The quantitative estimate of drug-likeness (QED) is 0.121. The molecule has 3 heterocycles. The molecule has 0 saturated heterocycles. The van der Waals surface area contributed by atoms with E-state index in [1.54, 1.807) is 23.2 Å². The third-order valence-corrected chi connectivity index (χ3v) is 10.4. The van der Waals surface area contributed by atoms with Gasteiger partial charge in [0, 0.05) is 18.0 Å². The highest BCUT2D eigenvalue weighted by Crippen LogP contribution is 2.39. The van der Waals surface area contributed by atoms with E-state index in [0.717, 1.165) is 42.0 Å². The largest absolute Gasteiger partial charge is 0.468 e. The number of fused-ring (bicyclic) bond motifs is 1. The van der Waals surface area contributed by atoms with Crippen LogP contribution in [0.3, 0.4) is 0 Å². The summed E-state index contributed by atoms with van der Waals surface area (Å²) in [5, 5.41) is -1.61. The standard InChI is InChI=1S/C15H15ClFN3O3S2.C15H16F5NO2S2/c1-23-13(21)8-24-12-7-11(10(17)6-9(12)16)18-14-19-4-2-3-5-20(19)15(22)25-14;1-6(2)5-7-8(13(22)24-3)10(12(16)17)21-11(15(18,19)20)9(7)14(23)25-4/h6-7H,2-5,8H2,1H3;6,12H,5H2,1-4H3/b18-14-;. The third kappa shape index (κ3) is 10.2. The summed E-state index contributed by atoms with van der Waals surface area (Å²) in [5.74, 6) is -1.19. The summed E-state index contributed by atoms with van der Waals surface area (Å²) in [6.45, 7) is 4.62. The fourth-order valence-corrected chi connectivity index (χ4v) is 7.56. The van der Waals surface area contributed by atoms with Crippen LogP contribution in [0.15, 0.2) is 26.8 Å². The number of ether oxygens (including phenoxy) is 1. The minimum absolute atomic E-state index is 0.0605. The molecule has 50 heavy (non-hydrogen) atoms. The Morgan fingerprint density at radius 3 is 2.20 bits per heavy atom. The number of rotatable bonds is 9. The number of thioether (sulfide) groups is 3.